The van der Waals surface area contributed by atoms with Gasteiger partial charge >= 0.3 is 0 Å². The smallest absolute Gasteiger partial charge is 0.133 e. The molecule has 5 heteroatoms. The third kappa shape index (κ3) is 2.65. The topological polar surface area (TPSA) is 80.6 Å². The summed E-state index contributed by atoms with van der Waals surface area (Å²) in [4.78, 5) is 4.30. The molecule has 2 aromatic carbocycles. The van der Waals surface area contributed by atoms with Crippen LogP contribution in [0.25, 0.3) is 27.7 Å². The minimum absolute atomic E-state index is 0.471. The fourth-order valence-electron chi connectivity index (χ4n) is 2.91. The van der Waals surface area contributed by atoms with Gasteiger partial charge in [0.05, 0.1) is 16.9 Å². The van der Waals surface area contributed by atoms with E-state index < -0.39 is 0 Å². The number of nitrogen functional groups attached to an aromatic ring is 1. The Bertz CT molecular complexity index is 1080. The molecular formula is C20H17N5. The minimum atomic E-state index is 0.471. The Kier molecular flexibility index (Phi) is 3.54. The van der Waals surface area contributed by atoms with Crippen LogP contribution in [0.2, 0.25) is 0 Å². The standard InChI is InChI=1S/C20H17N5/c1-13(21)14-6-8-16(9-7-14)25-11-10-18(24-25)19-17-5-3-2-4-15(17)12-23-20(19)22/h2-12,21H,1H3,(H2,22,23). The van der Waals surface area contributed by atoms with Gasteiger partial charge < -0.3 is 11.1 Å². The van der Waals surface area contributed by atoms with Gasteiger partial charge in [-0.1, -0.05) is 36.4 Å². The Hall–Kier alpha value is -3.47. The molecule has 3 N–H and O–H groups in total. The number of rotatable bonds is 3. The van der Waals surface area contributed by atoms with Crippen molar-refractivity contribution in [1.82, 2.24) is 14.8 Å². The second-order valence-electron chi connectivity index (χ2n) is 5.92. The van der Waals surface area contributed by atoms with Crippen molar-refractivity contribution in [1.29, 1.82) is 5.41 Å². The highest BCUT2D eigenvalue weighted by Crippen LogP contribution is 2.31. The third-order valence-corrected chi connectivity index (χ3v) is 4.24. The van der Waals surface area contributed by atoms with Crippen LogP contribution in [0.1, 0.15) is 12.5 Å². The number of nitrogens with one attached hydrogen (secondary N) is 1. The predicted molar refractivity (Wildman–Crippen MR) is 101 cm³/mol. The fraction of sp³-hybridized carbons (Fsp3) is 0.0500. The minimum Gasteiger partial charge on any atom is -0.383 e. The van der Waals surface area contributed by atoms with Crippen molar-refractivity contribution in [3.8, 4) is 16.9 Å². The van der Waals surface area contributed by atoms with Crippen molar-refractivity contribution < 1.29 is 0 Å². The third-order valence-electron chi connectivity index (χ3n) is 4.24. The number of nitrogens with two attached hydrogens (primary N) is 1. The zero-order valence-corrected chi connectivity index (χ0v) is 13.8. The molecule has 4 rings (SSSR count). The normalized spacial score (nSPS) is 10.9. The van der Waals surface area contributed by atoms with E-state index in [1.54, 1.807) is 17.8 Å². The van der Waals surface area contributed by atoms with Crippen LogP contribution in [0, 0.1) is 5.41 Å². The van der Waals surface area contributed by atoms with Gasteiger partial charge in [0, 0.05) is 23.5 Å². The number of nitrogens with zero attached hydrogens (tertiary/aromatic N) is 3. The Morgan fingerprint density at radius 3 is 2.56 bits per heavy atom. The zero-order valence-electron chi connectivity index (χ0n) is 13.8. The molecule has 0 aliphatic carbocycles. The number of aromatic nitrogens is 3. The summed E-state index contributed by atoms with van der Waals surface area (Å²) in [5, 5.41) is 14.4. The molecule has 0 spiro atoms. The van der Waals surface area contributed by atoms with Crippen LogP contribution >= 0.6 is 0 Å². The van der Waals surface area contributed by atoms with Crippen LogP contribution in [0.15, 0.2) is 67.0 Å². The summed E-state index contributed by atoms with van der Waals surface area (Å²) in [6.45, 7) is 1.78. The largest absolute Gasteiger partial charge is 0.383 e. The van der Waals surface area contributed by atoms with Gasteiger partial charge in [-0.05, 0) is 36.1 Å². The summed E-state index contributed by atoms with van der Waals surface area (Å²) in [6.07, 6.45) is 3.69. The van der Waals surface area contributed by atoms with E-state index in [9.17, 15) is 0 Å². The Morgan fingerprint density at radius 2 is 1.80 bits per heavy atom. The number of hydrogen-bond acceptors (Lipinski definition) is 4. The molecule has 0 aliphatic heterocycles. The van der Waals surface area contributed by atoms with E-state index in [1.165, 1.54) is 0 Å². The summed E-state index contributed by atoms with van der Waals surface area (Å²) in [5.41, 5.74) is 10.2. The van der Waals surface area contributed by atoms with E-state index in [2.05, 4.69) is 10.1 Å². The highest BCUT2D eigenvalue weighted by Gasteiger charge is 2.12. The molecule has 25 heavy (non-hydrogen) atoms. The van der Waals surface area contributed by atoms with Crippen LogP contribution in [-0.4, -0.2) is 20.5 Å². The molecule has 0 fully saturated rings. The van der Waals surface area contributed by atoms with E-state index in [1.807, 2.05) is 60.8 Å². The molecule has 4 aromatic rings. The number of anilines is 1. The second kappa shape index (κ2) is 5.87. The van der Waals surface area contributed by atoms with Gasteiger partial charge in [0.2, 0.25) is 0 Å². The lowest BCUT2D eigenvalue weighted by Gasteiger charge is -2.07. The van der Waals surface area contributed by atoms with E-state index in [0.29, 0.717) is 11.5 Å². The highest BCUT2D eigenvalue weighted by molar-refractivity contribution is 5.99. The maximum atomic E-state index is 7.68. The molecule has 0 saturated heterocycles. The van der Waals surface area contributed by atoms with Crippen molar-refractivity contribution in [3.05, 3.63) is 72.6 Å². The van der Waals surface area contributed by atoms with Gasteiger partial charge in [-0.3, -0.25) is 0 Å². The molecule has 122 valence electrons. The second-order valence-corrected chi connectivity index (χ2v) is 5.92. The van der Waals surface area contributed by atoms with Crippen molar-refractivity contribution in [3.63, 3.8) is 0 Å². The molecule has 0 bridgehead atoms. The first-order chi connectivity index (χ1) is 12.1. The Balaban J connectivity index is 1.80. The maximum absolute atomic E-state index is 7.68. The van der Waals surface area contributed by atoms with E-state index in [4.69, 9.17) is 11.1 Å². The molecule has 0 aliphatic rings. The molecule has 5 nitrogen and oxygen atoms in total. The molecule has 0 radical (unpaired) electrons. The lowest BCUT2D eigenvalue weighted by molar-refractivity contribution is 0.884. The maximum Gasteiger partial charge on any atom is 0.133 e. The van der Waals surface area contributed by atoms with E-state index in [0.717, 1.165) is 33.3 Å². The van der Waals surface area contributed by atoms with Crippen molar-refractivity contribution in [2.75, 3.05) is 5.73 Å². The van der Waals surface area contributed by atoms with Crippen molar-refractivity contribution >= 4 is 22.3 Å². The quantitative estimate of drug-likeness (QED) is 0.557. The van der Waals surface area contributed by atoms with Gasteiger partial charge in [0.1, 0.15) is 5.82 Å². The first-order valence-electron chi connectivity index (χ1n) is 7.99. The molecule has 0 unspecified atom stereocenters. The van der Waals surface area contributed by atoms with Gasteiger partial charge in [-0.15, -0.1) is 0 Å². The van der Waals surface area contributed by atoms with Gasteiger partial charge in [-0.25, -0.2) is 9.67 Å². The molecular weight excluding hydrogens is 310 g/mol. The van der Waals surface area contributed by atoms with Crippen molar-refractivity contribution in [2.45, 2.75) is 6.92 Å². The lowest BCUT2D eigenvalue weighted by atomic mass is 10.0. The van der Waals surface area contributed by atoms with Gasteiger partial charge in [0.25, 0.3) is 0 Å². The molecule has 0 amide bonds. The summed E-state index contributed by atoms with van der Waals surface area (Å²) >= 11 is 0. The summed E-state index contributed by atoms with van der Waals surface area (Å²) in [7, 11) is 0. The Morgan fingerprint density at radius 1 is 1.04 bits per heavy atom. The molecule has 2 aromatic heterocycles. The van der Waals surface area contributed by atoms with Crippen LogP contribution in [-0.2, 0) is 0 Å². The SMILES string of the molecule is CC(=N)c1ccc(-n2ccc(-c3c(N)ncc4ccccc34)n2)cc1. The van der Waals surface area contributed by atoms with Crippen LogP contribution in [0.5, 0.6) is 0 Å². The summed E-state index contributed by atoms with van der Waals surface area (Å²) in [6, 6.07) is 17.7. The van der Waals surface area contributed by atoms with Gasteiger partial charge in [-0.2, -0.15) is 5.10 Å². The predicted octanol–water partition coefficient (Wildman–Crippen LogP) is 4.06. The zero-order chi connectivity index (χ0) is 17.4. The first kappa shape index (κ1) is 15.1. The molecule has 0 atom stereocenters. The van der Waals surface area contributed by atoms with Gasteiger partial charge in [0.15, 0.2) is 0 Å². The number of fused-ring (bicyclic) bond motifs is 1. The van der Waals surface area contributed by atoms with E-state index in [-0.39, 0.29) is 0 Å². The van der Waals surface area contributed by atoms with Crippen LogP contribution in [0.3, 0.4) is 0 Å². The highest BCUT2D eigenvalue weighted by atomic mass is 15.3. The monoisotopic (exact) mass is 327 g/mol. The molecule has 2 heterocycles. The van der Waals surface area contributed by atoms with Crippen LogP contribution < -0.4 is 5.73 Å². The number of hydrogen-bond donors (Lipinski definition) is 2. The average Bonchev–Trinajstić information content (AvgIpc) is 3.11. The summed E-state index contributed by atoms with van der Waals surface area (Å²) < 4.78 is 1.81. The van der Waals surface area contributed by atoms with Crippen LogP contribution in [0.4, 0.5) is 5.82 Å². The first-order valence-corrected chi connectivity index (χ1v) is 7.99. The fourth-order valence-corrected chi connectivity index (χ4v) is 2.91. The average molecular weight is 327 g/mol. The number of benzene rings is 2. The Labute approximate surface area is 145 Å². The summed E-state index contributed by atoms with van der Waals surface area (Å²) in [5.74, 6) is 0.471. The number of pyridine rings is 1. The molecule has 0 saturated carbocycles. The lowest BCUT2D eigenvalue weighted by Crippen LogP contribution is -1.99. The van der Waals surface area contributed by atoms with Crippen molar-refractivity contribution in [2.24, 2.45) is 0 Å². The van der Waals surface area contributed by atoms with E-state index >= 15 is 0 Å².